The monoisotopic (exact) mass is 400 g/mol. The molecule has 0 saturated heterocycles. The predicted octanol–water partition coefficient (Wildman–Crippen LogP) is 4.08. The zero-order valence-corrected chi connectivity index (χ0v) is 16.3. The molecular formula is C21H21FN2O3S. The van der Waals surface area contributed by atoms with Crippen molar-refractivity contribution in [1.29, 1.82) is 0 Å². The Bertz CT molecular complexity index is 915. The van der Waals surface area contributed by atoms with E-state index in [2.05, 4.69) is 10.3 Å². The molecule has 3 aromatic rings. The summed E-state index contributed by atoms with van der Waals surface area (Å²) in [6.07, 6.45) is 0.877. The van der Waals surface area contributed by atoms with Crippen molar-refractivity contribution >= 4 is 22.9 Å². The number of anilines is 1. The van der Waals surface area contributed by atoms with Gasteiger partial charge in [-0.2, -0.15) is 0 Å². The zero-order valence-electron chi connectivity index (χ0n) is 15.5. The van der Waals surface area contributed by atoms with Gasteiger partial charge < -0.3 is 14.8 Å². The molecule has 0 bridgehead atoms. The van der Waals surface area contributed by atoms with Gasteiger partial charge in [-0.1, -0.05) is 30.3 Å². The van der Waals surface area contributed by atoms with Gasteiger partial charge >= 0.3 is 0 Å². The van der Waals surface area contributed by atoms with Gasteiger partial charge in [0, 0.05) is 30.7 Å². The summed E-state index contributed by atoms with van der Waals surface area (Å²) in [5.41, 5.74) is 2.26. The van der Waals surface area contributed by atoms with Crippen LogP contribution in [-0.4, -0.2) is 31.2 Å². The van der Waals surface area contributed by atoms with Crippen LogP contribution in [0.3, 0.4) is 0 Å². The number of methoxy groups -OCH3 is 1. The number of amides is 1. The van der Waals surface area contributed by atoms with Gasteiger partial charge in [0.05, 0.1) is 23.7 Å². The van der Waals surface area contributed by atoms with Crippen LogP contribution in [0.15, 0.2) is 53.9 Å². The van der Waals surface area contributed by atoms with Crippen LogP contribution in [0.1, 0.15) is 16.3 Å². The average Bonchev–Trinajstić information content (AvgIpc) is 3.11. The number of hydrogen-bond donors (Lipinski definition) is 1. The Morgan fingerprint density at radius 2 is 2.00 bits per heavy atom. The topological polar surface area (TPSA) is 60.5 Å². The first kappa shape index (κ1) is 20.0. The average molecular weight is 400 g/mol. The van der Waals surface area contributed by atoms with Crippen molar-refractivity contribution in [2.24, 2.45) is 0 Å². The molecule has 0 aliphatic carbocycles. The smallest absolute Gasteiger partial charge is 0.230 e. The molecule has 5 nitrogen and oxygen atoms in total. The van der Waals surface area contributed by atoms with E-state index in [1.54, 1.807) is 13.2 Å². The molecule has 0 aliphatic heterocycles. The summed E-state index contributed by atoms with van der Waals surface area (Å²) in [5.74, 6) is -0.656. The van der Waals surface area contributed by atoms with Crippen LogP contribution in [-0.2, 0) is 22.4 Å². The van der Waals surface area contributed by atoms with Gasteiger partial charge in [-0.3, -0.25) is 4.79 Å². The lowest BCUT2D eigenvalue weighted by Crippen LogP contribution is -2.15. The number of nitrogens with one attached hydrogen (secondary N) is 1. The number of aromatic nitrogens is 1. The first-order valence-corrected chi connectivity index (χ1v) is 9.70. The van der Waals surface area contributed by atoms with E-state index in [1.807, 2.05) is 35.7 Å². The lowest BCUT2D eigenvalue weighted by molar-refractivity contribution is -0.115. The second kappa shape index (κ2) is 9.96. The highest BCUT2D eigenvalue weighted by Crippen LogP contribution is 2.21. The van der Waals surface area contributed by atoms with Gasteiger partial charge in [0.2, 0.25) is 5.91 Å². The summed E-state index contributed by atoms with van der Waals surface area (Å²) in [4.78, 5) is 16.8. The third kappa shape index (κ3) is 5.87. The van der Waals surface area contributed by atoms with Crippen LogP contribution < -0.4 is 10.1 Å². The molecule has 0 aliphatic rings. The van der Waals surface area contributed by atoms with Gasteiger partial charge in [0.25, 0.3) is 0 Å². The van der Waals surface area contributed by atoms with E-state index in [1.165, 1.54) is 29.0 Å². The third-order valence-corrected chi connectivity index (χ3v) is 4.80. The molecule has 1 N–H and O–H groups in total. The Hall–Kier alpha value is -2.77. The third-order valence-electron chi connectivity index (χ3n) is 3.90. The second-order valence-electron chi connectivity index (χ2n) is 6.11. The lowest BCUT2D eigenvalue weighted by atomic mass is 10.2. The van der Waals surface area contributed by atoms with Crippen molar-refractivity contribution in [2.45, 2.75) is 12.8 Å². The highest BCUT2D eigenvalue weighted by molar-refractivity contribution is 7.09. The van der Waals surface area contributed by atoms with Crippen LogP contribution in [0.2, 0.25) is 0 Å². The van der Waals surface area contributed by atoms with Crippen molar-refractivity contribution < 1.29 is 18.7 Å². The molecule has 2 aromatic carbocycles. The van der Waals surface area contributed by atoms with Crippen molar-refractivity contribution in [3.8, 4) is 5.75 Å². The SMILES string of the molecule is COCCOc1ccc(NC(=O)Cc2csc(Cc3ccccc3)n2)cc1F. The van der Waals surface area contributed by atoms with Crippen molar-refractivity contribution in [3.63, 3.8) is 0 Å². The van der Waals surface area contributed by atoms with Gasteiger partial charge in [-0.15, -0.1) is 11.3 Å². The van der Waals surface area contributed by atoms with Crippen LogP contribution in [0, 0.1) is 5.82 Å². The number of carbonyl (C=O) groups excluding carboxylic acids is 1. The molecule has 0 atom stereocenters. The molecule has 0 fully saturated rings. The van der Waals surface area contributed by atoms with Gasteiger partial charge in [-0.05, 0) is 17.7 Å². The number of thiazole rings is 1. The van der Waals surface area contributed by atoms with Crippen LogP contribution >= 0.6 is 11.3 Å². The maximum atomic E-state index is 14.0. The molecule has 0 radical (unpaired) electrons. The number of halogens is 1. The van der Waals surface area contributed by atoms with Crippen molar-refractivity contribution in [2.75, 3.05) is 25.6 Å². The molecule has 1 aromatic heterocycles. The highest BCUT2D eigenvalue weighted by atomic mass is 32.1. The molecule has 28 heavy (non-hydrogen) atoms. The molecular weight excluding hydrogens is 379 g/mol. The Labute approximate surface area is 167 Å². The van der Waals surface area contributed by atoms with E-state index >= 15 is 0 Å². The van der Waals surface area contributed by atoms with Crippen LogP contribution in [0.4, 0.5) is 10.1 Å². The van der Waals surface area contributed by atoms with Gasteiger partial charge in [0.15, 0.2) is 11.6 Å². The van der Waals surface area contributed by atoms with Crippen molar-refractivity contribution in [3.05, 3.63) is 76.0 Å². The van der Waals surface area contributed by atoms with E-state index < -0.39 is 5.82 Å². The second-order valence-corrected chi connectivity index (χ2v) is 7.05. The van der Waals surface area contributed by atoms with E-state index in [9.17, 15) is 9.18 Å². The number of rotatable bonds is 9. The van der Waals surface area contributed by atoms with E-state index in [0.717, 1.165) is 11.4 Å². The Kier molecular flexibility index (Phi) is 7.11. The van der Waals surface area contributed by atoms with Crippen molar-refractivity contribution in [1.82, 2.24) is 4.98 Å². The quantitative estimate of drug-likeness (QED) is 0.550. The maximum absolute atomic E-state index is 14.0. The summed E-state index contributed by atoms with van der Waals surface area (Å²) in [5, 5.41) is 5.53. The Morgan fingerprint density at radius 3 is 2.75 bits per heavy atom. The van der Waals surface area contributed by atoms with Gasteiger partial charge in [-0.25, -0.2) is 9.37 Å². The summed E-state index contributed by atoms with van der Waals surface area (Å²) < 4.78 is 24.2. The summed E-state index contributed by atoms with van der Waals surface area (Å²) in [7, 11) is 1.55. The maximum Gasteiger partial charge on any atom is 0.230 e. The number of hydrogen-bond acceptors (Lipinski definition) is 5. The number of carbonyl (C=O) groups is 1. The first-order chi connectivity index (χ1) is 13.6. The zero-order chi connectivity index (χ0) is 19.8. The highest BCUT2D eigenvalue weighted by Gasteiger charge is 2.11. The first-order valence-electron chi connectivity index (χ1n) is 8.82. The number of nitrogens with zero attached hydrogens (tertiary/aromatic N) is 1. The Balaban J connectivity index is 1.53. The summed E-state index contributed by atoms with van der Waals surface area (Å²) in [6, 6.07) is 14.4. The standard InChI is InChI=1S/C21H21FN2O3S/c1-26-9-10-27-19-8-7-16(12-18(19)22)23-20(25)13-17-14-28-21(24-17)11-15-5-3-2-4-6-15/h2-8,12,14H,9-11,13H2,1H3,(H,23,25). The molecule has 1 amide bonds. The fraction of sp³-hybridized carbons (Fsp3) is 0.238. The minimum atomic E-state index is -0.535. The molecule has 0 saturated carbocycles. The molecule has 3 rings (SSSR count). The fourth-order valence-corrected chi connectivity index (χ4v) is 3.41. The minimum Gasteiger partial charge on any atom is -0.488 e. The summed E-state index contributed by atoms with van der Waals surface area (Å²) in [6.45, 7) is 0.631. The molecule has 7 heteroatoms. The minimum absolute atomic E-state index is 0.125. The largest absolute Gasteiger partial charge is 0.488 e. The molecule has 0 unspecified atom stereocenters. The van der Waals surface area contributed by atoms with Crippen LogP contribution in [0.25, 0.3) is 0 Å². The fourth-order valence-electron chi connectivity index (χ4n) is 2.58. The van der Waals surface area contributed by atoms with E-state index in [-0.39, 0.29) is 24.7 Å². The predicted molar refractivity (Wildman–Crippen MR) is 107 cm³/mol. The number of ether oxygens (including phenoxy) is 2. The molecule has 1 heterocycles. The van der Waals surface area contributed by atoms with Gasteiger partial charge in [0.1, 0.15) is 6.61 Å². The lowest BCUT2D eigenvalue weighted by Gasteiger charge is -2.09. The normalized spacial score (nSPS) is 10.6. The molecule has 0 spiro atoms. The van der Waals surface area contributed by atoms with Crippen LogP contribution in [0.5, 0.6) is 5.75 Å². The number of benzene rings is 2. The summed E-state index contributed by atoms with van der Waals surface area (Å²) >= 11 is 1.53. The van der Waals surface area contributed by atoms with E-state index in [0.29, 0.717) is 18.0 Å². The van der Waals surface area contributed by atoms with E-state index in [4.69, 9.17) is 9.47 Å². The molecule has 146 valence electrons. The Morgan fingerprint density at radius 1 is 1.18 bits per heavy atom.